The maximum absolute atomic E-state index is 14.6. The normalized spacial score (nSPS) is 12.1. The van der Waals surface area contributed by atoms with Gasteiger partial charge < -0.3 is 0 Å². The number of para-hydroxylation sites is 1. The van der Waals surface area contributed by atoms with Crippen molar-refractivity contribution in [1.82, 2.24) is 35.0 Å². The van der Waals surface area contributed by atoms with Crippen LogP contribution in [0.25, 0.3) is 17.1 Å². The van der Waals surface area contributed by atoms with E-state index in [4.69, 9.17) is 0 Å². The number of nitrogens with zero attached hydrogens (tertiary/aromatic N) is 7. The summed E-state index contributed by atoms with van der Waals surface area (Å²) < 4.78 is 18.3. The molecule has 0 aliphatic heterocycles. The SMILES string of the molecule is CC(Sc1nnc(-c2ccccc2F)n1Cc1ccccc1)c1nnnn1-c1ccccc1. The first kappa shape index (κ1) is 21.0. The van der Waals surface area contributed by atoms with Gasteiger partial charge in [-0.2, -0.15) is 4.68 Å². The van der Waals surface area contributed by atoms with Gasteiger partial charge in [-0.15, -0.1) is 15.3 Å². The molecule has 0 saturated carbocycles. The monoisotopic (exact) mass is 457 g/mol. The number of tetrazole rings is 1. The maximum atomic E-state index is 14.6. The Hall–Kier alpha value is -3.85. The Morgan fingerprint density at radius 2 is 1.55 bits per heavy atom. The average Bonchev–Trinajstić information content (AvgIpc) is 3.49. The third-order valence-electron chi connectivity index (χ3n) is 5.16. The molecule has 5 rings (SSSR count). The molecule has 0 fully saturated rings. The van der Waals surface area contributed by atoms with Gasteiger partial charge in [0.2, 0.25) is 0 Å². The fraction of sp³-hybridized carbons (Fsp3) is 0.125. The Bertz CT molecular complexity index is 1350. The lowest BCUT2D eigenvalue weighted by atomic mass is 10.2. The highest BCUT2D eigenvalue weighted by Gasteiger charge is 2.23. The Morgan fingerprint density at radius 3 is 2.30 bits per heavy atom. The molecule has 0 bridgehead atoms. The summed E-state index contributed by atoms with van der Waals surface area (Å²) in [7, 11) is 0. The van der Waals surface area contributed by atoms with Crippen molar-refractivity contribution in [1.29, 1.82) is 0 Å². The van der Waals surface area contributed by atoms with Crippen molar-refractivity contribution in [2.75, 3.05) is 0 Å². The second kappa shape index (κ2) is 9.33. The van der Waals surface area contributed by atoms with Crippen LogP contribution >= 0.6 is 11.8 Å². The smallest absolute Gasteiger partial charge is 0.192 e. The van der Waals surface area contributed by atoms with E-state index >= 15 is 0 Å². The lowest BCUT2D eigenvalue weighted by Gasteiger charge is -2.14. The number of thioether (sulfide) groups is 1. The van der Waals surface area contributed by atoms with Crippen LogP contribution in [-0.4, -0.2) is 35.0 Å². The Kier molecular flexibility index (Phi) is 5.95. The summed E-state index contributed by atoms with van der Waals surface area (Å²) in [6.45, 7) is 2.52. The van der Waals surface area contributed by atoms with Gasteiger partial charge in [-0.05, 0) is 47.2 Å². The van der Waals surface area contributed by atoms with Crippen molar-refractivity contribution in [2.24, 2.45) is 0 Å². The topological polar surface area (TPSA) is 74.3 Å². The van der Waals surface area contributed by atoms with E-state index in [9.17, 15) is 4.39 Å². The first-order valence-electron chi connectivity index (χ1n) is 10.4. The standard InChI is InChI=1S/C24H20FN7S/c1-17(22-27-29-30-32(22)19-12-6-3-7-13-19)33-24-28-26-23(20-14-8-9-15-21(20)25)31(24)16-18-10-4-2-5-11-18/h2-15,17H,16H2,1H3. The lowest BCUT2D eigenvalue weighted by molar-refractivity contribution is 0.626. The van der Waals surface area contributed by atoms with E-state index in [0.717, 1.165) is 11.3 Å². The minimum absolute atomic E-state index is 0.132. The molecule has 0 aliphatic carbocycles. The summed E-state index contributed by atoms with van der Waals surface area (Å²) in [5.41, 5.74) is 2.36. The summed E-state index contributed by atoms with van der Waals surface area (Å²) in [5, 5.41) is 21.6. The zero-order chi connectivity index (χ0) is 22.6. The van der Waals surface area contributed by atoms with Gasteiger partial charge in [-0.1, -0.05) is 72.4 Å². The van der Waals surface area contributed by atoms with E-state index in [2.05, 4.69) is 25.7 Å². The molecule has 7 nitrogen and oxygen atoms in total. The number of rotatable bonds is 7. The third-order valence-corrected chi connectivity index (χ3v) is 6.23. The van der Waals surface area contributed by atoms with Crippen LogP contribution in [-0.2, 0) is 6.54 Å². The number of halogens is 1. The Morgan fingerprint density at radius 1 is 0.848 bits per heavy atom. The quantitative estimate of drug-likeness (QED) is 0.322. The molecular weight excluding hydrogens is 437 g/mol. The summed E-state index contributed by atoms with van der Waals surface area (Å²) in [6, 6.07) is 26.3. The third kappa shape index (κ3) is 4.40. The van der Waals surface area contributed by atoms with Gasteiger partial charge in [0.05, 0.1) is 23.0 Å². The van der Waals surface area contributed by atoms with Crippen LogP contribution in [0.5, 0.6) is 0 Å². The van der Waals surface area contributed by atoms with E-state index in [0.29, 0.717) is 28.9 Å². The van der Waals surface area contributed by atoms with E-state index < -0.39 is 0 Å². The van der Waals surface area contributed by atoms with Gasteiger partial charge in [-0.3, -0.25) is 4.57 Å². The summed E-state index contributed by atoms with van der Waals surface area (Å²) in [4.78, 5) is 0. The molecule has 164 valence electrons. The lowest BCUT2D eigenvalue weighted by Crippen LogP contribution is -2.08. The van der Waals surface area contributed by atoms with Gasteiger partial charge in [-0.25, -0.2) is 4.39 Å². The molecule has 9 heteroatoms. The zero-order valence-corrected chi connectivity index (χ0v) is 18.6. The molecule has 3 aromatic carbocycles. The van der Waals surface area contributed by atoms with Crippen LogP contribution in [0.3, 0.4) is 0 Å². The molecule has 0 aliphatic rings. The van der Waals surface area contributed by atoms with E-state index in [1.165, 1.54) is 17.8 Å². The van der Waals surface area contributed by atoms with Crippen LogP contribution < -0.4 is 0 Å². The van der Waals surface area contributed by atoms with Gasteiger partial charge in [0.25, 0.3) is 0 Å². The van der Waals surface area contributed by atoms with Crippen molar-refractivity contribution in [3.63, 3.8) is 0 Å². The predicted octanol–water partition coefficient (Wildman–Crippen LogP) is 4.96. The van der Waals surface area contributed by atoms with Gasteiger partial charge >= 0.3 is 0 Å². The highest BCUT2D eigenvalue weighted by Crippen LogP contribution is 2.35. The van der Waals surface area contributed by atoms with Crippen molar-refractivity contribution in [3.8, 4) is 17.1 Å². The van der Waals surface area contributed by atoms with Crippen molar-refractivity contribution >= 4 is 11.8 Å². The Balaban J connectivity index is 1.51. The molecule has 1 unspecified atom stereocenters. The fourth-order valence-corrected chi connectivity index (χ4v) is 4.47. The number of benzene rings is 3. The predicted molar refractivity (Wildman–Crippen MR) is 124 cm³/mol. The van der Waals surface area contributed by atoms with Crippen molar-refractivity contribution in [3.05, 3.63) is 102 Å². The van der Waals surface area contributed by atoms with Crippen LogP contribution in [0.15, 0.2) is 90.1 Å². The number of aromatic nitrogens is 7. The van der Waals surface area contributed by atoms with Crippen LogP contribution in [0.4, 0.5) is 4.39 Å². The number of hydrogen-bond acceptors (Lipinski definition) is 6. The van der Waals surface area contributed by atoms with Crippen LogP contribution in [0.1, 0.15) is 23.6 Å². The molecular formula is C24H20FN7S. The molecule has 0 N–H and O–H groups in total. The van der Waals surface area contributed by atoms with Gasteiger partial charge in [0, 0.05) is 0 Å². The summed E-state index contributed by atoms with van der Waals surface area (Å²) >= 11 is 1.48. The molecule has 2 heterocycles. The molecule has 0 radical (unpaired) electrons. The van der Waals surface area contributed by atoms with Crippen LogP contribution in [0, 0.1) is 5.82 Å². The van der Waals surface area contributed by atoms with E-state index in [-0.39, 0.29) is 11.1 Å². The fourth-order valence-electron chi connectivity index (χ4n) is 3.54. The summed E-state index contributed by atoms with van der Waals surface area (Å²) in [6.07, 6.45) is 0. The first-order chi connectivity index (χ1) is 16.2. The number of hydrogen-bond donors (Lipinski definition) is 0. The van der Waals surface area contributed by atoms with Crippen LogP contribution in [0.2, 0.25) is 0 Å². The first-order valence-corrected chi connectivity index (χ1v) is 11.3. The van der Waals surface area contributed by atoms with Gasteiger partial charge in [0.1, 0.15) is 5.82 Å². The minimum Gasteiger partial charge on any atom is -0.297 e. The summed E-state index contributed by atoms with van der Waals surface area (Å²) in [5.74, 6) is 0.832. The molecule has 5 aromatic rings. The molecule has 0 amide bonds. The second-order valence-electron chi connectivity index (χ2n) is 7.40. The maximum Gasteiger partial charge on any atom is 0.192 e. The largest absolute Gasteiger partial charge is 0.297 e. The molecule has 1 atom stereocenters. The molecule has 0 saturated heterocycles. The van der Waals surface area contributed by atoms with Gasteiger partial charge in [0.15, 0.2) is 16.8 Å². The average molecular weight is 458 g/mol. The van der Waals surface area contributed by atoms with E-state index in [1.54, 1.807) is 22.9 Å². The second-order valence-corrected chi connectivity index (χ2v) is 8.71. The minimum atomic E-state index is -0.336. The molecule has 0 spiro atoms. The van der Waals surface area contributed by atoms with Crippen molar-refractivity contribution in [2.45, 2.75) is 23.9 Å². The Labute approximate surface area is 194 Å². The van der Waals surface area contributed by atoms with Crippen molar-refractivity contribution < 1.29 is 4.39 Å². The zero-order valence-electron chi connectivity index (χ0n) is 17.8. The van der Waals surface area contributed by atoms with E-state index in [1.807, 2.05) is 72.2 Å². The highest BCUT2D eigenvalue weighted by atomic mass is 32.2. The highest BCUT2D eigenvalue weighted by molar-refractivity contribution is 7.99. The molecule has 33 heavy (non-hydrogen) atoms. The molecule has 2 aromatic heterocycles.